The van der Waals surface area contributed by atoms with Gasteiger partial charge in [-0.3, -0.25) is 9.80 Å². The Morgan fingerprint density at radius 1 is 0.750 bits per heavy atom. The molecule has 2 aromatic carbocycles. The van der Waals surface area contributed by atoms with Gasteiger partial charge in [0.05, 0.1) is 0 Å². The van der Waals surface area contributed by atoms with Gasteiger partial charge in [-0.2, -0.15) is 0 Å². The molecule has 0 saturated carbocycles. The van der Waals surface area contributed by atoms with Crippen LogP contribution in [0.2, 0.25) is 0 Å². The van der Waals surface area contributed by atoms with Gasteiger partial charge in [0.1, 0.15) is 0 Å². The molecule has 2 fully saturated rings. The van der Waals surface area contributed by atoms with Crippen molar-refractivity contribution in [3.8, 4) is 0 Å². The molecule has 0 atom stereocenters. The van der Waals surface area contributed by atoms with Crippen LogP contribution in [0, 0.1) is 0 Å². The zero-order valence-electron chi connectivity index (χ0n) is 20.3. The molecule has 0 aliphatic carbocycles. The summed E-state index contributed by atoms with van der Waals surface area (Å²) < 4.78 is 0. The molecule has 2 saturated heterocycles. The normalized spacial score (nSPS) is 18.1. The SMILES string of the molecule is CCCc1ccccc1N(C)CCN1CCN(c2ccccc2CN2CCCCC2)CC1. The zero-order chi connectivity index (χ0) is 22.2. The maximum absolute atomic E-state index is 2.64. The summed E-state index contributed by atoms with van der Waals surface area (Å²) in [5, 5.41) is 0. The number of hydrogen-bond donors (Lipinski definition) is 0. The monoisotopic (exact) mass is 434 g/mol. The molecular weight excluding hydrogens is 392 g/mol. The van der Waals surface area contributed by atoms with Crippen molar-refractivity contribution in [1.29, 1.82) is 0 Å². The minimum absolute atomic E-state index is 1.09. The molecule has 174 valence electrons. The number of para-hydroxylation sites is 2. The first-order chi connectivity index (χ1) is 15.7. The molecule has 32 heavy (non-hydrogen) atoms. The molecule has 2 heterocycles. The maximum Gasteiger partial charge on any atom is 0.0412 e. The summed E-state index contributed by atoms with van der Waals surface area (Å²) >= 11 is 0. The summed E-state index contributed by atoms with van der Waals surface area (Å²) in [5.74, 6) is 0. The Morgan fingerprint density at radius 3 is 2.19 bits per heavy atom. The Kier molecular flexibility index (Phi) is 8.47. The van der Waals surface area contributed by atoms with Crippen LogP contribution in [0.25, 0.3) is 0 Å². The molecule has 2 aromatic rings. The van der Waals surface area contributed by atoms with Crippen LogP contribution in [0.5, 0.6) is 0 Å². The third kappa shape index (κ3) is 6.05. The second kappa shape index (κ2) is 11.7. The Labute approximate surface area is 195 Å². The number of anilines is 2. The van der Waals surface area contributed by atoms with E-state index in [0.29, 0.717) is 0 Å². The average Bonchev–Trinajstić information content (AvgIpc) is 2.84. The van der Waals surface area contributed by atoms with E-state index in [4.69, 9.17) is 0 Å². The van der Waals surface area contributed by atoms with E-state index < -0.39 is 0 Å². The lowest BCUT2D eigenvalue weighted by Gasteiger charge is -2.38. The molecule has 0 amide bonds. The number of piperidine rings is 1. The minimum Gasteiger partial charge on any atom is -0.373 e. The lowest BCUT2D eigenvalue weighted by molar-refractivity contribution is 0.220. The van der Waals surface area contributed by atoms with Crippen molar-refractivity contribution >= 4 is 11.4 Å². The van der Waals surface area contributed by atoms with Crippen LogP contribution in [-0.4, -0.2) is 69.2 Å². The van der Waals surface area contributed by atoms with E-state index in [2.05, 4.69) is 82.1 Å². The van der Waals surface area contributed by atoms with Crippen molar-refractivity contribution in [2.45, 2.75) is 45.6 Å². The highest BCUT2D eigenvalue weighted by molar-refractivity contribution is 5.54. The van der Waals surface area contributed by atoms with Crippen molar-refractivity contribution in [2.24, 2.45) is 0 Å². The number of likely N-dealkylation sites (tertiary alicyclic amines) is 1. The third-order valence-electron chi connectivity index (χ3n) is 7.22. The van der Waals surface area contributed by atoms with Crippen molar-refractivity contribution in [2.75, 3.05) is 69.2 Å². The van der Waals surface area contributed by atoms with Crippen LogP contribution in [-0.2, 0) is 13.0 Å². The van der Waals surface area contributed by atoms with Gasteiger partial charge in [0.2, 0.25) is 0 Å². The van der Waals surface area contributed by atoms with Crippen LogP contribution < -0.4 is 9.80 Å². The fourth-order valence-corrected chi connectivity index (χ4v) is 5.30. The van der Waals surface area contributed by atoms with Crippen LogP contribution in [0.1, 0.15) is 43.7 Å². The predicted molar refractivity (Wildman–Crippen MR) is 138 cm³/mol. The third-order valence-corrected chi connectivity index (χ3v) is 7.22. The molecule has 0 radical (unpaired) electrons. The summed E-state index contributed by atoms with van der Waals surface area (Å²) in [6, 6.07) is 18.0. The molecule has 2 aliphatic rings. The van der Waals surface area contributed by atoms with Crippen LogP contribution in [0.15, 0.2) is 48.5 Å². The Balaban J connectivity index is 1.28. The molecule has 0 bridgehead atoms. The van der Waals surface area contributed by atoms with E-state index in [1.54, 1.807) is 0 Å². The fourth-order valence-electron chi connectivity index (χ4n) is 5.30. The highest BCUT2D eigenvalue weighted by Gasteiger charge is 2.21. The van der Waals surface area contributed by atoms with Crippen LogP contribution in [0.3, 0.4) is 0 Å². The van der Waals surface area contributed by atoms with Gasteiger partial charge in [0.25, 0.3) is 0 Å². The second-order valence-electron chi connectivity index (χ2n) is 9.59. The first-order valence-corrected chi connectivity index (χ1v) is 12.8. The molecule has 4 heteroatoms. The molecular formula is C28H42N4. The molecule has 0 unspecified atom stereocenters. The van der Waals surface area contributed by atoms with E-state index in [9.17, 15) is 0 Å². The Morgan fingerprint density at radius 2 is 1.44 bits per heavy atom. The van der Waals surface area contributed by atoms with Gasteiger partial charge in [-0.1, -0.05) is 56.2 Å². The van der Waals surface area contributed by atoms with E-state index in [-0.39, 0.29) is 0 Å². The minimum atomic E-state index is 1.09. The zero-order valence-corrected chi connectivity index (χ0v) is 20.3. The van der Waals surface area contributed by atoms with E-state index >= 15 is 0 Å². The molecule has 0 spiro atoms. The number of nitrogens with zero attached hydrogens (tertiary/aromatic N) is 4. The number of rotatable bonds is 9. The summed E-state index contributed by atoms with van der Waals surface area (Å²) in [5.41, 5.74) is 5.85. The standard InChI is InChI=1S/C28H42N4/c1-3-11-25-12-5-7-14-27(25)29(2)18-19-30-20-22-32(23-21-30)28-15-8-6-13-26(28)24-31-16-9-4-10-17-31/h5-8,12-15H,3-4,9-11,16-24H2,1-2H3. The van der Waals surface area contributed by atoms with Crippen LogP contribution in [0.4, 0.5) is 11.4 Å². The lowest BCUT2D eigenvalue weighted by Crippen LogP contribution is -2.48. The first-order valence-electron chi connectivity index (χ1n) is 12.8. The molecule has 2 aliphatic heterocycles. The van der Waals surface area contributed by atoms with Crippen molar-refractivity contribution < 1.29 is 0 Å². The second-order valence-corrected chi connectivity index (χ2v) is 9.59. The topological polar surface area (TPSA) is 13.0 Å². The highest BCUT2D eigenvalue weighted by atomic mass is 15.3. The molecule has 4 rings (SSSR count). The van der Waals surface area contributed by atoms with Crippen molar-refractivity contribution in [3.05, 3.63) is 59.7 Å². The van der Waals surface area contributed by atoms with Gasteiger partial charge in [0.15, 0.2) is 0 Å². The van der Waals surface area contributed by atoms with Crippen molar-refractivity contribution in [3.63, 3.8) is 0 Å². The maximum atomic E-state index is 2.64. The first kappa shape index (κ1) is 23.1. The summed E-state index contributed by atoms with van der Waals surface area (Å²) in [6.45, 7) is 12.7. The Bertz CT molecular complexity index is 822. The number of piperazine rings is 1. The quantitative estimate of drug-likeness (QED) is 0.557. The molecule has 0 N–H and O–H groups in total. The number of aryl methyl sites for hydroxylation is 1. The van der Waals surface area contributed by atoms with Gasteiger partial charge in [-0.15, -0.1) is 0 Å². The Hall–Kier alpha value is -2.04. The van der Waals surface area contributed by atoms with Gasteiger partial charge in [-0.25, -0.2) is 0 Å². The number of hydrogen-bond acceptors (Lipinski definition) is 4. The van der Waals surface area contributed by atoms with Gasteiger partial charge >= 0.3 is 0 Å². The smallest absolute Gasteiger partial charge is 0.0412 e. The summed E-state index contributed by atoms with van der Waals surface area (Å²) in [6.07, 6.45) is 6.48. The molecule has 4 nitrogen and oxygen atoms in total. The lowest BCUT2D eigenvalue weighted by atomic mass is 10.1. The van der Waals surface area contributed by atoms with E-state index in [1.165, 1.54) is 61.3 Å². The summed E-state index contributed by atoms with van der Waals surface area (Å²) in [7, 11) is 2.25. The van der Waals surface area contributed by atoms with Gasteiger partial charge < -0.3 is 9.80 Å². The van der Waals surface area contributed by atoms with Crippen molar-refractivity contribution in [1.82, 2.24) is 9.80 Å². The van der Waals surface area contributed by atoms with E-state index in [1.807, 2.05) is 0 Å². The van der Waals surface area contributed by atoms with E-state index in [0.717, 1.165) is 52.2 Å². The van der Waals surface area contributed by atoms with Gasteiger partial charge in [0, 0.05) is 64.2 Å². The van der Waals surface area contributed by atoms with Crippen LogP contribution >= 0.6 is 0 Å². The molecule has 0 aromatic heterocycles. The van der Waals surface area contributed by atoms with Gasteiger partial charge in [-0.05, 0) is 55.6 Å². The average molecular weight is 435 g/mol. The fraction of sp³-hybridized carbons (Fsp3) is 0.571. The number of likely N-dealkylation sites (N-methyl/N-ethyl adjacent to an activating group) is 1. The predicted octanol–water partition coefficient (Wildman–Crippen LogP) is 4.88. The largest absolute Gasteiger partial charge is 0.373 e. The summed E-state index contributed by atoms with van der Waals surface area (Å²) in [4.78, 5) is 10.4. The highest BCUT2D eigenvalue weighted by Crippen LogP contribution is 2.25. The number of benzene rings is 2.